The van der Waals surface area contributed by atoms with Gasteiger partial charge in [0, 0.05) is 1.37 Å². The molecule has 1 atom stereocenters. The van der Waals surface area contributed by atoms with Crippen molar-refractivity contribution in [1.29, 1.82) is 0 Å². The van der Waals surface area contributed by atoms with Crippen molar-refractivity contribution in [3.63, 3.8) is 0 Å². The van der Waals surface area contributed by atoms with Crippen molar-refractivity contribution in [1.82, 2.24) is 0 Å². The van der Waals surface area contributed by atoms with Crippen LogP contribution in [0.2, 0.25) is 0 Å². The molecule has 0 aromatic carbocycles. The molecule has 0 N–H and O–H groups in total. The Morgan fingerprint density at radius 1 is 1.62 bits per heavy atom. The molecule has 1 radical (unpaired) electrons. The first-order chi connectivity index (χ1) is 4.31. The predicted molar refractivity (Wildman–Crippen MR) is 38.6 cm³/mol. The van der Waals surface area contributed by atoms with Crippen LogP contribution in [-0.4, -0.2) is 0 Å². The molecule has 47 valence electrons. The highest BCUT2D eigenvalue weighted by Gasteiger charge is 1.81. The average Bonchev–Trinajstić information content (AvgIpc) is 1.85. The minimum atomic E-state index is -0.0255. The molecule has 0 heteroatoms. The number of hydrogen-bond acceptors (Lipinski definition) is 0. The van der Waals surface area contributed by atoms with Gasteiger partial charge in [0.05, 0.1) is 0 Å². The molecule has 0 nitrogen and oxygen atoms in total. The minimum absolute atomic E-state index is 0.0255. The summed E-state index contributed by atoms with van der Waals surface area (Å²) in [5.74, 6) is 0. The van der Waals surface area contributed by atoms with E-state index in [1.807, 2.05) is 6.42 Å². The van der Waals surface area contributed by atoms with Crippen molar-refractivity contribution in [2.75, 3.05) is 0 Å². The quantitative estimate of drug-likeness (QED) is 0.513. The van der Waals surface area contributed by atoms with Gasteiger partial charge in [-0.25, -0.2) is 0 Å². The highest BCUT2D eigenvalue weighted by molar-refractivity contribution is 4.85. The van der Waals surface area contributed by atoms with Crippen LogP contribution in [0.1, 0.15) is 34.0 Å². The molecule has 8 heavy (non-hydrogen) atoms. The third-order valence-electron chi connectivity index (χ3n) is 0.997. The van der Waals surface area contributed by atoms with Gasteiger partial charge in [-0.3, -0.25) is 0 Å². The molecule has 0 saturated heterocycles. The van der Waals surface area contributed by atoms with Gasteiger partial charge >= 0.3 is 0 Å². The Kier molecular flexibility index (Phi) is 4.94. The highest BCUT2D eigenvalue weighted by Crippen LogP contribution is 2.00. The van der Waals surface area contributed by atoms with Crippen molar-refractivity contribution >= 4 is 0 Å². The van der Waals surface area contributed by atoms with Gasteiger partial charge < -0.3 is 0 Å². The fourth-order valence-electron chi connectivity index (χ4n) is 0.514. The lowest BCUT2D eigenvalue weighted by Gasteiger charge is -1.91. The summed E-state index contributed by atoms with van der Waals surface area (Å²) in [7, 11) is 0. The Morgan fingerprint density at radius 3 is 2.88 bits per heavy atom. The van der Waals surface area contributed by atoms with Crippen LogP contribution in [0.4, 0.5) is 0 Å². The first kappa shape index (κ1) is 5.87. The molecule has 0 aliphatic rings. The van der Waals surface area contributed by atoms with Crippen molar-refractivity contribution in [2.24, 2.45) is 0 Å². The molecule has 0 rings (SSSR count). The third kappa shape index (κ3) is 5.74. The van der Waals surface area contributed by atoms with Crippen LogP contribution < -0.4 is 0 Å². The largest absolute Gasteiger partial charge is 0.103 e. The van der Waals surface area contributed by atoms with E-state index in [4.69, 9.17) is 1.37 Å². The van der Waals surface area contributed by atoms with Crippen molar-refractivity contribution < 1.29 is 1.37 Å². The van der Waals surface area contributed by atoms with Gasteiger partial charge in [0.15, 0.2) is 0 Å². The van der Waals surface area contributed by atoms with E-state index in [1.54, 1.807) is 6.08 Å². The number of unbranched alkanes of at least 4 members (excludes halogenated alkanes) is 1. The van der Waals surface area contributed by atoms with E-state index in [-0.39, 0.29) is 6.40 Å². The summed E-state index contributed by atoms with van der Waals surface area (Å²) in [6.07, 6.45) is 6.81. The van der Waals surface area contributed by atoms with Gasteiger partial charge in [-0.05, 0) is 12.8 Å². The normalized spacial score (nSPS) is 14.9. The molecule has 0 fully saturated rings. The van der Waals surface area contributed by atoms with Crippen molar-refractivity contribution in [2.45, 2.75) is 32.6 Å². The van der Waals surface area contributed by atoms with Crippen LogP contribution in [0.3, 0.4) is 0 Å². The molecule has 1 unspecified atom stereocenters. The molecule has 0 spiro atoms. The Hall–Kier alpha value is -0.260. The van der Waals surface area contributed by atoms with Gasteiger partial charge in [0.25, 0.3) is 0 Å². The van der Waals surface area contributed by atoms with Crippen molar-refractivity contribution in [3.05, 3.63) is 19.1 Å². The first-order valence-electron chi connectivity index (χ1n) is 3.77. The molecule has 0 aromatic rings. The summed E-state index contributed by atoms with van der Waals surface area (Å²) in [6.45, 7) is 5.67. The lowest BCUT2D eigenvalue weighted by atomic mass is 10.2. The Bertz CT molecular complexity index is 69.0. The molecular weight excluding hydrogens is 96.1 g/mol. The van der Waals surface area contributed by atoms with Crippen LogP contribution in [0.15, 0.2) is 12.7 Å². The Morgan fingerprint density at radius 2 is 2.38 bits per heavy atom. The number of hydrogen-bond donors (Lipinski definition) is 0. The van der Waals surface area contributed by atoms with Crippen LogP contribution >= 0.6 is 0 Å². The predicted octanol–water partition coefficient (Wildman–Crippen LogP) is 2.96. The smallest absolute Gasteiger partial charge is 0.0273 e. The van der Waals surface area contributed by atoms with E-state index in [0.717, 1.165) is 12.8 Å². The third-order valence-corrected chi connectivity index (χ3v) is 0.997. The van der Waals surface area contributed by atoms with E-state index in [0.29, 0.717) is 0 Å². The second-order valence-electron chi connectivity index (χ2n) is 1.81. The lowest BCUT2D eigenvalue weighted by molar-refractivity contribution is 0.717. The molecule has 0 heterocycles. The summed E-state index contributed by atoms with van der Waals surface area (Å²) in [5.41, 5.74) is 0. The maximum absolute atomic E-state index is 7.35. The van der Waals surface area contributed by atoms with E-state index in [1.165, 1.54) is 6.42 Å². The van der Waals surface area contributed by atoms with Crippen LogP contribution in [-0.2, 0) is 0 Å². The maximum Gasteiger partial charge on any atom is 0.0273 e. The number of allylic oxidation sites excluding steroid dienone is 1. The monoisotopic (exact) mass is 112 g/mol. The second-order valence-corrected chi connectivity index (χ2v) is 1.81. The van der Waals surface area contributed by atoms with Gasteiger partial charge in [-0.1, -0.05) is 32.3 Å². The summed E-state index contributed by atoms with van der Waals surface area (Å²) >= 11 is 0. The molecule has 0 saturated carbocycles. The Labute approximate surface area is 54.0 Å². The standard InChI is InChI=1S/C8H15/c1-3-5-7-8-6-4-2/h3,5H,1,4,6-8H2,2H3/i7D. The molecule has 0 aliphatic carbocycles. The maximum atomic E-state index is 7.35. The minimum Gasteiger partial charge on any atom is -0.103 e. The molecular formula is C8H15. The van der Waals surface area contributed by atoms with Gasteiger partial charge in [-0.2, -0.15) is 0 Å². The molecule has 0 aliphatic heterocycles. The summed E-state index contributed by atoms with van der Waals surface area (Å²) < 4.78 is 7.35. The van der Waals surface area contributed by atoms with Gasteiger partial charge in [0.2, 0.25) is 0 Å². The second kappa shape index (κ2) is 6.74. The van der Waals surface area contributed by atoms with E-state index in [9.17, 15) is 0 Å². The van der Waals surface area contributed by atoms with E-state index < -0.39 is 0 Å². The first-order valence-corrected chi connectivity index (χ1v) is 3.19. The van der Waals surface area contributed by atoms with Crippen molar-refractivity contribution in [3.8, 4) is 0 Å². The van der Waals surface area contributed by atoms with Gasteiger partial charge in [0.1, 0.15) is 0 Å². The van der Waals surface area contributed by atoms with Crippen LogP contribution in [0.5, 0.6) is 0 Å². The van der Waals surface area contributed by atoms with Crippen LogP contribution in [0.25, 0.3) is 0 Å². The van der Waals surface area contributed by atoms with E-state index in [2.05, 4.69) is 13.5 Å². The zero-order chi connectivity index (χ0) is 7.11. The highest BCUT2D eigenvalue weighted by atomic mass is 13.9. The molecule has 0 bridgehead atoms. The molecule has 0 amide bonds. The summed E-state index contributed by atoms with van der Waals surface area (Å²) in [4.78, 5) is 0. The fraction of sp³-hybridized carbons (Fsp3) is 0.625. The topological polar surface area (TPSA) is 0 Å². The van der Waals surface area contributed by atoms with Crippen LogP contribution in [0, 0.1) is 6.42 Å². The van der Waals surface area contributed by atoms with Gasteiger partial charge in [-0.15, -0.1) is 6.58 Å². The van der Waals surface area contributed by atoms with E-state index >= 15 is 0 Å². The molecule has 0 aromatic heterocycles. The fourth-order valence-corrected chi connectivity index (χ4v) is 0.514. The SMILES string of the molecule is [2H]C([CH]C=C)CCCC. The average molecular weight is 112 g/mol. The number of rotatable bonds is 5. The Balaban J connectivity index is 3.04. The zero-order valence-electron chi connectivity index (χ0n) is 6.56. The summed E-state index contributed by atoms with van der Waals surface area (Å²) in [6, 6.07) is 0. The lowest BCUT2D eigenvalue weighted by Crippen LogP contribution is -1.72. The zero-order valence-corrected chi connectivity index (χ0v) is 5.56. The summed E-state index contributed by atoms with van der Waals surface area (Å²) in [5, 5.41) is 0.